The predicted molar refractivity (Wildman–Crippen MR) is 59.9 cm³/mol. The largest absolute Gasteiger partial charge is 0.316 e. The summed E-state index contributed by atoms with van der Waals surface area (Å²) >= 11 is 0. The van der Waals surface area contributed by atoms with Crippen molar-refractivity contribution < 1.29 is 13.2 Å². The van der Waals surface area contributed by atoms with E-state index in [1.807, 2.05) is 0 Å². The molecule has 0 aromatic heterocycles. The third-order valence-corrected chi connectivity index (χ3v) is 2.44. The molecule has 6 nitrogen and oxygen atoms in total. The molecule has 1 amide bonds. The molecular formula is C9H12N3O3S. The Kier molecular flexibility index (Phi) is 3.51. The number of sulfonamides is 1. The Labute approximate surface area is 93.7 Å². The fourth-order valence-electron chi connectivity index (χ4n) is 1.16. The first kappa shape index (κ1) is 12.5. The van der Waals surface area contributed by atoms with Crippen LogP contribution in [-0.4, -0.2) is 20.6 Å². The Balaban J connectivity index is 3.00. The van der Waals surface area contributed by atoms with E-state index in [4.69, 9.17) is 11.5 Å². The van der Waals surface area contributed by atoms with Crippen LogP contribution in [0.5, 0.6) is 0 Å². The lowest BCUT2D eigenvalue weighted by Gasteiger charge is -2.09. The topological polar surface area (TPSA) is 113 Å². The molecule has 0 aliphatic heterocycles. The Bertz CT molecular complexity index is 498. The number of carbonyl (C=O) groups is 1. The van der Waals surface area contributed by atoms with Gasteiger partial charge in [-0.3, -0.25) is 15.3 Å². The van der Waals surface area contributed by atoms with Crippen molar-refractivity contribution >= 4 is 21.6 Å². The van der Waals surface area contributed by atoms with Gasteiger partial charge in [-0.05, 0) is 17.7 Å². The number of nitrogens with two attached hydrogens (primary N) is 1. The fraction of sp³-hybridized carbons (Fsp3) is 0.222. The molecule has 0 fully saturated rings. The second-order valence-corrected chi connectivity index (χ2v) is 5.09. The molecule has 0 bridgehead atoms. The van der Waals surface area contributed by atoms with E-state index in [1.54, 1.807) is 12.1 Å². The lowest BCUT2D eigenvalue weighted by atomic mass is 10.1. The molecule has 0 aliphatic carbocycles. The highest BCUT2D eigenvalue weighted by Crippen LogP contribution is 2.16. The number of amides is 1. The number of rotatable bonds is 4. The second kappa shape index (κ2) is 4.50. The zero-order valence-electron chi connectivity index (χ0n) is 8.60. The van der Waals surface area contributed by atoms with Gasteiger partial charge in [-0.25, -0.2) is 8.42 Å². The number of anilines is 1. The van der Waals surface area contributed by atoms with Crippen molar-refractivity contribution in [3.63, 3.8) is 0 Å². The zero-order chi connectivity index (χ0) is 12.3. The van der Waals surface area contributed by atoms with Crippen LogP contribution in [0.3, 0.4) is 0 Å². The van der Waals surface area contributed by atoms with Gasteiger partial charge in [0.1, 0.15) is 6.04 Å². The summed E-state index contributed by atoms with van der Waals surface area (Å²) in [5, 5.41) is 0. The van der Waals surface area contributed by atoms with Crippen molar-refractivity contribution in [1.82, 2.24) is 5.73 Å². The average Bonchev–Trinajstić information content (AvgIpc) is 2.14. The van der Waals surface area contributed by atoms with E-state index in [1.165, 1.54) is 12.1 Å². The highest BCUT2D eigenvalue weighted by molar-refractivity contribution is 7.92. The number of hydrogen-bond acceptors (Lipinski definition) is 4. The van der Waals surface area contributed by atoms with Crippen LogP contribution in [0, 0.1) is 0 Å². The van der Waals surface area contributed by atoms with Gasteiger partial charge < -0.3 is 5.73 Å². The SMILES string of the molecule is CS(=O)(=O)Nc1cccc(C(N)C([NH])=O)c1. The summed E-state index contributed by atoms with van der Waals surface area (Å²) in [5.41, 5.74) is 13.0. The molecule has 1 unspecified atom stereocenters. The summed E-state index contributed by atoms with van der Waals surface area (Å²) in [6, 6.07) is 5.03. The molecule has 0 spiro atoms. The summed E-state index contributed by atoms with van der Waals surface area (Å²) in [6.07, 6.45) is 1.02. The number of benzene rings is 1. The third-order valence-electron chi connectivity index (χ3n) is 1.83. The predicted octanol–water partition coefficient (Wildman–Crippen LogP) is -0.133. The van der Waals surface area contributed by atoms with E-state index in [0.717, 1.165) is 6.26 Å². The van der Waals surface area contributed by atoms with Crippen LogP contribution >= 0.6 is 0 Å². The van der Waals surface area contributed by atoms with Gasteiger partial charge >= 0.3 is 0 Å². The van der Waals surface area contributed by atoms with Crippen LogP contribution in [0.4, 0.5) is 5.69 Å². The summed E-state index contributed by atoms with van der Waals surface area (Å²) in [6.45, 7) is 0. The van der Waals surface area contributed by atoms with E-state index in [-0.39, 0.29) is 0 Å². The summed E-state index contributed by atoms with van der Waals surface area (Å²) in [7, 11) is -3.36. The van der Waals surface area contributed by atoms with Gasteiger partial charge in [-0.1, -0.05) is 12.1 Å². The van der Waals surface area contributed by atoms with E-state index >= 15 is 0 Å². The monoisotopic (exact) mass is 242 g/mol. The van der Waals surface area contributed by atoms with Gasteiger partial charge in [0.2, 0.25) is 10.0 Å². The Morgan fingerprint density at radius 1 is 1.50 bits per heavy atom. The Morgan fingerprint density at radius 2 is 2.12 bits per heavy atom. The van der Waals surface area contributed by atoms with Crippen molar-refractivity contribution in [3.05, 3.63) is 29.8 Å². The van der Waals surface area contributed by atoms with Gasteiger partial charge in [0.05, 0.1) is 6.26 Å². The summed E-state index contributed by atoms with van der Waals surface area (Å²) in [5.74, 6) is -0.920. The minimum absolute atomic E-state index is 0.316. The molecule has 1 aromatic rings. The van der Waals surface area contributed by atoms with Crippen molar-refractivity contribution in [2.24, 2.45) is 5.73 Å². The quantitative estimate of drug-likeness (QED) is 0.765. The van der Waals surface area contributed by atoms with Crippen molar-refractivity contribution in [3.8, 4) is 0 Å². The number of hydrogen-bond donors (Lipinski definition) is 2. The summed E-state index contributed by atoms with van der Waals surface area (Å²) in [4.78, 5) is 10.7. The molecule has 0 saturated heterocycles. The maximum absolute atomic E-state index is 11.0. The lowest BCUT2D eigenvalue weighted by molar-refractivity contribution is -0.120. The molecule has 0 aliphatic rings. The van der Waals surface area contributed by atoms with Gasteiger partial charge in [-0.15, -0.1) is 0 Å². The standard InChI is InChI=1S/C9H12N3O3S/c1-16(14,15)12-7-4-2-3-6(5-7)8(10)9(11)13/h2-5,8,11-12H,10H2,1H3. The van der Waals surface area contributed by atoms with Gasteiger partial charge in [0.15, 0.2) is 0 Å². The maximum Gasteiger partial charge on any atom is 0.259 e. The van der Waals surface area contributed by atoms with Crippen LogP contribution in [-0.2, 0) is 14.8 Å². The highest BCUT2D eigenvalue weighted by Gasteiger charge is 2.13. The second-order valence-electron chi connectivity index (χ2n) is 3.34. The molecule has 1 radical (unpaired) electrons. The van der Waals surface area contributed by atoms with E-state index in [0.29, 0.717) is 11.3 Å². The molecule has 1 rings (SSSR count). The van der Waals surface area contributed by atoms with E-state index in [9.17, 15) is 13.2 Å². The molecular weight excluding hydrogens is 230 g/mol. The molecule has 7 heteroatoms. The van der Waals surface area contributed by atoms with Crippen molar-refractivity contribution in [2.75, 3.05) is 11.0 Å². The van der Waals surface area contributed by atoms with Crippen LogP contribution in [0.2, 0.25) is 0 Å². The van der Waals surface area contributed by atoms with E-state index < -0.39 is 22.0 Å². The van der Waals surface area contributed by atoms with Gasteiger partial charge in [0.25, 0.3) is 5.91 Å². The van der Waals surface area contributed by atoms with Gasteiger partial charge in [-0.2, -0.15) is 0 Å². The molecule has 1 atom stereocenters. The average molecular weight is 242 g/mol. The van der Waals surface area contributed by atoms with Crippen LogP contribution < -0.4 is 16.2 Å². The van der Waals surface area contributed by atoms with Crippen LogP contribution in [0.15, 0.2) is 24.3 Å². The first-order chi connectivity index (χ1) is 7.29. The smallest absolute Gasteiger partial charge is 0.259 e. The lowest BCUT2D eigenvalue weighted by Crippen LogP contribution is -2.22. The van der Waals surface area contributed by atoms with Crippen LogP contribution in [0.25, 0.3) is 0 Å². The Morgan fingerprint density at radius 3 is 2.62 bits per heavy atom. The normalized spacial score (nSPS) is 13.1. The highest BCUT2D eigenvalue weighted by atomic mass is 32.2. The minimum Gasteiger partial charge on any atom is -0.316 e. The fourth-order valence-corrected chi connectivity index (χ4v) is 1.72. The first-order valence-corrected chi connectivity index (χ1v) is 6.27. The molecule has 0 saturated carbocycles. The first-order valence-electron chi connectivity index (χ1n) is 4.38. The molecule has 16 heavy (non-hydrogen) atoms. The van der Waals surface area contributed by atoms with Crippen LogP contribution in [0.1, 0.15) is 11.6 Å². The summed E-state index contributed by atoms with van der Waals surface area (Å²) < 4.78 is 24.2. The minimum atomic E-state index is -3.36. The molecule has 4 N–H and O–H groups in total. The Hall–Kier alpha value is -1.60. The van der Waals surface area contributed by atoms with Gasteiger partial charge in [0, 0.05) is 5.69 Å². The number of nitrogens with one attached hydrogen (secondary N) is 2. The maximum atomic E-state index is 11.0. The number of carbonyl (C=O) groups excluding carboxylic acids is 1. The molecule has 0 heterocycles. The molecule has 87 valence electrons. The third kappa shape index (κ3) is 3.52. The molecule has 1 aromatic carbocycles. The van der Waals surface area contributed by atoms with E-state index in [2.05, 4.69) is 4.72 Å². The van der Waals surface area contributed by atoms with Crippen molar-refractivity contribution in [1.29, 1.82) is 0 Å². The zero-order valence-corrected chi connectivity index (χ0v) is 9.41. The van der Waals surface area contributed by atoms with Crippen molar-refractivity contribution in [2.45, 2.75) is 6.04 Å².